The van der Waals surface area contributed by atoms with Crippen molar-refractivity contribution in [2.45, 2.75) is 20.5 Å². The number of allylic oxidation sites excluding steroid dienone is 1. The van der Waals surface area contributed by atoms with E-state index in [2.05, 4.69) is 6.58 Å². The first kappa shape index (κ1) is 16.9. The molecular weight excluding hydrogens is 295 g/mol. The second kappa shape index (κ2) is 8.22. The largest absolute Gasteiger partial charge is 0.488 e. The fourth-order valence-corrected chi connectivity index (χ4v) is 2.23. The number of ether oxygens (including phenoxy) is 2. The lowest BCUT2D eigenvalue weighted by Gasteiger charge is -2.09. The van der Waals surface area contributed by atoms with Crippen LogP contribution < -0.4 is 4.74 Å². The maximum Gasteiger partial charge on any atom is 0.175 e. The molecule has 1 aromatic heterocycles. The molecule has 0 saturated heterocycles. The third-order valence-electron chi connectivity index (χ3n) is 3.41. The van der Waals surface area contributed by atoms with Gasteiger partial charge in [0.15, 0.2) is 11.5 Å². The molecule has 0 atom stereocenters. The summed E-state index contributed by atoms with van der Waals surface area (Å²) < 4.78 is 29.1. The normalized spacial score (nSPS) is 11.3. The molecule has 2 rings (SSSR count). The van der Waals surface area contributed by atoms with Crippen LogP contribution in [0, 0.1) is 6.92 Å². The Labute approximate surface area is 136 Å². The Bertz CT molecular complexity index is 686. The summed E-state index contributed by atoms with van der Waals surface area (Å²) in [4.78, 5) is 0. The second-order valence-corrected chi connectivity index (χ2v) is 4.95. The molecule has 23 heavy (non-hydrogen) atoms. The van der Waals surface area contributed by atoms with Crippen molar-refractivity contribution < 1.29 is 18.3 Å². The third kappa shape index (κ3) is 4.03. The van der Waals surface area contributed by atoms with Crippen LogP contribution in [0.3, 0.4) is 0 Å². The molecule has 0 aliphatic heterocycles. The molecule has 0 saturated carbocycles. The van der Waals surface area contributed by atoms with Crippen molar-refractivity contribution in [2.24, 2.45) is 0 Å². The van der Waals surface area contributed by atoms with E-state index in [0.29, 0.717) is 18.1 Å². The second-order valence-electron chi connectivity index (χ2n) is 4.95. The molecule has 0 N–H and O–H groups in total. The van der Waals surface area contributed by atoms with Gasteiger partial charge in [-0.2, -0.15) is 0 Å². The minimum atomic E-state index is -0.551. The topological polar surface area (TPSA) is 31.6 Å². The number of furan rings is 1. The van der Waals surface area contributed by atoms with Crippen LogP contribution >= 0.6 is 0 Å². The Balaban J connectivity index is 2.18. The Hall–Kier alpha value is -2.49. The van der Waals surface area contributed by atoms with Gasteiger partial charge in [0.2, 0.25) is 0 Å². The first-order valence-electron chi connectivity index (χ1n) is 7.48. The lowest BCUT2D eigenvalue weighted by atomic mass is 10.1. The van der Waals surface area contributed by atoms with Crippen molar-refractivity contribution in [2.75, 3.05) is 13.3 Å². The quantitative estimate of drug-likeness (QED) is 0.631. The monoisotopic (exact) mass is 316 g/mol. The zero-order valence-electron chi connectivity index (χ0n) is 13.5. The molecule has 2 aromatic rings. The van der Waals surface area contributed by atoms with Crippen molar-refractivity contribution in [3.05, 3.63) is 65.6 Å². The van der Waals surface area contributed by atoms with Gasteiger partial charge in [-0.1, -0.05) is 30.9 Å². The van der Waals surface area contributed by atoms with Gasteiger partial charge < -0.3 is 13.9 Å². The summed E-state index contributed by atoms with van der Waals surface area (Å²) in [6.45, 7) is 7.43. The van der Waals surface area contributed by atoms with Gasteiger partial charge in [-0.25, -0.2) is 4.39 Å². The third-order valence-corrected chi connectivity index (χ3v) is 3.41. The van der Waals surface area contributed by atoms with E-state index in [0.717, 1.165) is 22.4 Å². The van der Waals surface area contributed by atoms with Crippen LogP contribution in [0.25, 0.3) is 11.8 Å². The van der Waals surface area contributed by atoms with Crippen molar-refractivity contribution in [3.63, 3.8) is 0 Å². The summed E-state index contributed by atoms with van der Waals surface area (Å²) in [6.07, 6.45) is 5.05. The van der Waals surface area contributed by atoms with E-state index in [1.807, 2.05) is 38.1 Å². The van der Waals surface area contributed by atoms with Crippen molar-refractivity contribution in [1.29, 1.82) is 0 Å². The van der Waals surface area contributed by atoms with E-state index in [-0.39, 0.29) is 6.61 Å². The smallest absolute Gasteiger partial charge is 0.175 e. The molecule has 0 amide bonds. The van der Waals surface area contributed by atoms with Crippen molar-refractivity contribution in [1.82, 2.24) is 0 Å². The number of hydrogen-bond acceptors (Lipinski definition) is 3. The van der Waals surface area contributed by atoms with E-state index in [9.17, 15) is 4.39 Å². The zero-order chi connectivity index (χ0) is 16.7. The molecule has 0 fully saturated rings. The zero-order valence-corrected chi connectivity index (χ0v) is 13.5. The van der Waals surface area contributed by atoms with Crippen molar-refractivity contribution in [3.8, 4) is 5.75 Å². The Morgan fingerprint density at radius 3 is 2.78 bits per heavy atom. The highest BCUT2D eigenvalue weighted by Gasteiger charge is 2.16. The summed E-state index contributed by atoms with van der Waals surface area (Å²) in [5.41, 5.74) is 2.73. The van der Waals surface area contributed by atoms with Gasteiger partial charge in [0.25, 0.3) is 0 Å². The molecule has 1 aromatic carbocycles. The molecule has 1 heterocycles. The maximum atomic E-state index is 12.3. The standard InChI is InChI=1S/C19H21FO3/c1-4-16-15(12-22-18-9-7-6-8-14(18)3)13-23-19(16)17(5-2)21-11-10-20/h4-9,13H,1,10-12H2,2-3H3/b17-5+. The van der Waals surface area contributed by atoms with E-state index >= 15 is 0 Å². The summed E-state index contributed by atoms with van der Waals surface area (Å²) in [5, 5.41) is 0. The average molecular weight is 316 g/mol. The minimum absolute atomic E-state index is 0.00794. The van der Waals surface area contributed by atoms with Crippen LogP contribution in [0.4, 0.5) is 4.39 Å². The highest BCUT2D eigenvalue weighted by atomic mass is 19.1. The Morgan fingerprint density at radius 2 is 2.13 bits per heavy atom. The molecule has 4 heteroatoms. The van der Waals surface area contributed by atoms with Gasteiger partial charge in [-0.3, -0.25) is 0 Å². The van der Waals surface area contributed by atoms with Gasteiger partial charge in [-0.15, -0.1) is 0 Å². The van der Waals surface area contributed by atoms with Gasteiger partial charge >= 0.3 is 0 Å². The van der Waals surface area contributed by atoms with Crippen LogP contribution in [0.1, 0.15) is 29.4 Å². The molecule has 0 aliphatic rings. The van der Waals surface area contributed by atoms with Crippen LogP contribution in [0.5, 0.6) is 5.75 Å². The first-order chi connectivity index (χ1) is 11.2. The van der Waals surface area contributed by atoms with E-state index in [4.69, 9.17) is 13.9 Å². The van der Waals surface area contributed by atoms with Gasteiger partial charge in [0.1, 0.15) is 25.6 Å². The number of rotatable bonds is 8. The lowest BCUT2D eigenvalue weighted by Crippen LogP contribution is -1.99. The SMILES string of the molecule is C=Cc1c(COc2ccccc2C)coc1/C(=C\C)OCCF. The summed E-state index contributed by atoms with van der Waals surface area (Å²) in [6, 6.07) is 7.81. The maximum absolute atomic E-state index is 12.3. The molecule has 0 unspecified atom stereocenters. The number of aryl methyl sites for hydroxylation is 1. The highest BCUT2D eigenvalue weighted by Crippen LogP contribution is 2.28. The fourth-order valence-electron chi connectivity index (χ4n) is 2.23. The molecule has 0 aliphatic carbocycles. The van der Waals surface area contributed by atoms with Crippen LogP contribution in [-0.2, 0) is 11.3 Å². The van der Waals surface area contributed by atoms with Gasteiger partial charge in [0, 0.05) is 11.1 Å². The lowest BCUT2D eigenvalue weighted by molar-refractivity contribution is 0.234. The predicted molar refractivity (Wildman–Crippen MR) is 89.9 cm³/mol. The van der Waals surface area contributed by atoms with Crippen LogP contribution in [0.15, 0.2) is 47.6 Å². The summed E-state index contributed by atoms with van der Waals surface area (Å²) in [7, 11) is 0. The van der Waals surface area contributed by atoms with Crippen molar-refractivity contribution >= 4 is 11.8 Å². The van der Waals surface area contributed by atoms with E-state index in [1.54, 1.807) is 18.4 Å². The van der Waals surface area contributed by atoms with Gasteiger partial charge in [-0.05, 0) is 31.6 Å². The number of hydrogen-bond donors (Lipinski definition) is 0. The number of para-hydroxylation sites is 1. The van der Waals surface area contributed by atoms with E-state index in [1.165, 1.54) is 0 Å². The van der Waals surface area contributed by atoms with Crippen LogP contribution in [0.2, 0.25) is 0 Å². The van der Waals surface area contributed by atoms with Gasteiger partial charge in [0.05, 0.1) is 6.26 Å². The highest BCUT2D eigenvalue weighted by molar-refractivity contribution is 5.68. The summed E-state index contributed by atoms with van der Waals surface area (Å²) in [5.74, 6) is 1.87. The molecule has 0 radical (unpaired) electrons. The summed E-state index contributed by atoms with van der Waals surface area (Å²) >= 11 is 0. The first-order valence-corrected chi connectivity index (χ1v) is 7.48. The number of halogens is 1. The number of alkyl halides is 1. The molecular formula is C19H21FO3. The predicted octanol–water partition coefficient (Wildman–Crippen LogP) is 5.16. The fraction of sp³-hybridized carbons (Fsp3) is 0.263. The molecule has 0 bridgehead atoms. The molecule has 0 spiro atoms. The number of benzene rings is 1. The molecule has 122 valence electrons. The Morgan fingerprint density at radius 1 is 1.35 bits per heavy atom. The minimum Gasteiger partial charge on any atom is -0.488 e. The van der Waals surface area contributed by atoms with E-state index < -0.39 is 6.67 Å². The Kier molecular flexibility index (Phi) is 6.03. The average Bonchev–Trinajstić information content (AvgIpc) is 2.98. The molecule has 3 nitrogen and oxygen atoms in total. The van der Waals surface area contributed by atoms with Crippen LogP contribution in [-0.4, -0.2) is 13.3 Å².